The summed E-state index contributed by atoms with van der Waals surface area (Å²) in [6.07, 6.45) is 2.08. The molecule has 0 saturated heterocycles. The standard InChI is InChI=1S/C13H20FNO2/c14-12-6-4-5-11(9-12)13(17)10-15-7-2-1-3-8-16/h4-6,9,13,15-17H,1-3,7-8,10H2. The van der Waals surface area contributed by atoms with E-state index in [9.17, 15) is 9.50 Å². The van der Waals surface area contributed by atoms with Crippen LogP contribution in [0.25, 0.3) is 0 Å². The van der Waals surface area contributed by atoms with Gasteiger partial charge in [-0.15, -0.1) is 0 Å². The van der Waals surface area contributed by atoms with Gasteiger partial charge in [0.25, 0.3) is 0 Å². The van der Waals surface area contributed by atoms with Gasteiger partial charge in [0.05, 0.1) is 6.10 Å². The number of hydrogen-bond donors (Lipinski definition) is 3. The number of aliphatic hydroxyl groups excluding tert-OH is 2. The molecule has 0 bridgehead atoms. The summed E-state index contributed by atoms with van der Waals surface area (Å²) in [5.74, 6) is -0.329. The summed E-state index contributed by atoms with van der Waals surface area (Å²) in [6, 6.07) is 6.01. The lowest BCUT2D eigenvalue weighted by molar-refractivity contribution is 0.174. The summed E-state index contributed by atoms with van der Waals surface area (Å²) >= 11 is 0. The van der Waals surface area contributed by atoms with Crippen molar-refractivity contribution >= 4 is 0 Å². The lowest BCUT2D eigenvalue weighted by atomic mass is 10.1. The maximum atomic E-state index is 12.9. The lowest BCUT2D eigenvalue weighted by Crippen LogP contribution is -2.22. The zero-order valence-electron chi connectivity index (χ0n) is 9.90. The molecule has 0 heterocycles. The van der Waals surface area contributed by atoms with Crippen molar-refractivity contribution in [2.45, 2.75) is 25.4 Å². The molecule has 0 aliphatic carbocycles. The molecule has 1 rings (SSSR count). The largest absolute Gasteiger partial charge is 0.396 e. The molecule has 0 radical (unpaired) electrons. The van der Waals surface area contributed by atoms with Crippen LogP contribution in [0.4, 0.5) is 4.39 Å². The van der Waals surface area contributed by atoms with Gasteiger partial charge in [-0.1, -0.05) is 12.1 Å². The molecular weight excluding hydrogens is 221 g/mol. The van der Waals surface area contributed by atoms with Crippen molar-refractivity contribution in [1.29, 1.82) is 0 Å². The minimum absolute atomic E-state index is 0.228. The predicted octanol–water partition coefficient (Wildman–Crippen LogP) is 1.61. The number of nitrogens with one attached hydrogen (secondary N) is 1. The van der Waals surface area contributed by atoms with Crippen molar-refractivity contribution in [2.24, 2.45) is 0 Å². The summed E-state index contributed by atoms with van der Waals surface area (Å²) in [7, 11) is 0. The van der Waals surface area contributed by atoms with Gasteiger partial charge < -0.3 is 15.5 Å². The SMILES string of the molecule is OCCCCCNCC(O)c1cccc(F)c1. The van der Waals surface area contributed by atoms with Gasteiger partial charge in [0.1, 0.15) is 5.82 Å². The molecule has 0 aliphatic heterocycles. The molecule has 0 aromatic heterocycles. The fourth-order valence-corrected chi connectivity index (χ4v) is 1.61. The second-order valence-electron chi connectivity index (χ2n) is 4.06. The van der Waals surface area contributed by atoms with E-state index in [1.807, 2.05) is 0 Å². The van der Waals surface area contributed by atoms with Crippen LogP contribution in [-0.2, 0) is 0 Å². The molecule has 17 heavy (non-hydrogen) atoms. The van der Waals surface area contributed by atoms with Gasteiger partial charge >= 0.3 is 0 Å². The fourth-order valence-electron chi connectivity index (χ4n) is 1.61. The smallest absolute Gasteiger partial charge is 0.123 e. The second kappa shape index (κ2) is 8.17. The van der Waals surface area contributed by atoms with Gasteiger partial charge in [-0.25, -0.2) is 4.39 Å². The maximum Gasteiger partial charge on any atom is 0.123 e. The zero-order valence-corrected chi connectivity index (χ0v) is 9.90. The molecule has 1 aromatic carbocycles. The van der Waals surface area contributed by atoms with Gasteiger partial charge in [-0.2, -0.15) is 0 Å². The van der Waals surface area contributed by atoms with E-state index in [1.54, 1.807) is 12.1 Å². The molecule has 96 valence electrons. The van der Waals surface area contributed by atoms with Crippen molar-refractivity contribution in [1.82, 2.24) is 5.32 Å². The molecule has 1 atom stereocenters. The van der Waals surface area contributed by atoms with Gasteiger partial charge in [-0.3, -0.25) is 0 Å². The van der Waals surface area contributed by atoms with Gasteiger partial charge in [0.2, 0.25) is 0 Å². The summed E-state index contributed by atoms with van der Waals surface area (Å²) < 4.78 is 12.9. The average Bonchev–Trinajstić information content (AvgIpc) is 2.33. The van der Waals surface area contributed by atoms with Crippen molar-refractivity contribution in [3.63, 3.8) is 0 Å². The minimum Gasteiger partial charge on any atom is -0.396 e. The van der Waals surface area contributed by atoms with Gasteiger partial charge in [-0.05, 0) is 43.5 Å². The maximum absolute atomic E-state index is 12.9. The van der Waals surface area contributed by atoms with Crippen LogP contribution in [0.2, 0.25) is 0 Å². The van der Waals surface area contributed by atoms with E-state index in [0.717, 1.165) is 25.8 Å². The van der Waals surface area contributed by atoms with Crippen molar-refractivity contribution in [3.05, 3.63) is 35.6 Å². The Morgan fingerprint density at radius 3 is 2.76 bits per heavy atom. The number of rotatable bonds is 8. The Bertz CT molecular complexity index is 320. The van der Waals surface area contributed by atoms with E-state index < -0.39 is 6.10 Å². The molecular formula is C13H20FNO2. The molecule has 0 spiro atoms. The van der Waals surface area contributed by atoms with Gasteiger partial charge in [0.15, 0.2) is 0 Å². The third-order valence-corrected chi connectivity index (χ3v) is 2.58. The van der Waals surface area contributed by atoms with Crippen LogP contribution < -0.4 is 5.32 Å². The Labute approximate surface area is 101 Å². The number of unbranched alkanes of at least 4 members (excludes halogenated alkanes) is 2. The molecule has 0 amide bonds. The van der Waals surface area contributed by atoms with Crippen molar-refractivity contribution < 1.29 is 14.6 Å². The van der Waals surface area contributed by atoms with Crippen LogP contribution in [0.3, 0.4) is 0 Å². The summed E-state index contributed by atoms with van der Waals surface area (Å²) in [4.78, 5) is 0. The number of benzene rings is 1. The van der Waals surface area contributed by atoms with Crippen LogP contribution in [0.5, 0.6) is 0 Å². The lowest BCUT2D eigenvalue weighted by Gasteiger charge is -2.12. The monoisotopic (exact) mass is 241 g/mol. The Morgan fingerprint density at radius 1 is 1.24 bits per heavy atom. The van der Waals surface area contributed by atoms with Crippen molar-refractivity contribution in [2.75, 3.05) is 19.7 Å². The highest BCUT2D eigenvalue weighted by molar-refractivity contribution is 5.18. The van der Waals surface area contributed by atoms with Crippen LogP contribution in [0.1, 0.15) is 30.9 Å². The highest BCUT2D eigenvalue weighted by Gasteiger charge is 2.07. The fraction of sp³-hybridized carbons (Fsp3) is 0.538. The molecule has 1 aromatic rings. The Kier molecular flexibility index (Phi) is 6.77. The highest BCUT2D eigenvalue weighted by atomic mass is 19.1. The normalized spacial score (nSPS) is 12.6. The average molecular weight is 241 g/mol. The molecule has 0 aliphatic rings. The van der Waals surface area contributed by atoms with E-state index in [2.05, 4.69) is 5.32 Å². The molecule has 0 fully saturated rings. The Hall–Kier alpha value is -0.970. The molecule has 3 nitrogen and oxygen atoms in total. The molecule has 0 saturated carbocycles. The van der Waals surface area contributed by atoms with E-state index in [1.165, 1.54) is 12.1 Å². The number of aliphatic hydroxyl groups is 2. The Morgan fingerprint density at radius 2 is 2.06 bits per heavy atom. The van der Waals surface area contributed by atoms with E-state index in [4.69, 9.17) is 5.11 Å². The van der Waals surface area contributed by atoms with E-state index in [0.29, 0.717) is 12.1 Å². The summed E-state index contributed by atoms with van der Waals surface area (Å²) in [6.45, 7) is 1.45. The third-order valence-electron chi connectivity index (χ3n) is 2.58. The van der Waals surface area contributed by atoms with Crippen LogP contribution in [0, 0.1) is 5.82 Å². The van der Waals surface area contributed by atoms with Crippen LogP contribution >= 0.6 is 0 Å². The first-order valence-electron chi connectivity index (χ1n) is 5.99. The predicted molar refractivity (Wildman–Crippen MR) is 65.2 cm³/mol. The van der Waals surface area contributed by atoms with Gasteiger partial charge in [0, 0.05) is 13.2 Å². The first-order valence-corrected chi connectivity index (χ1v) is 5.99. The first kappa shape index (κ1) is 14.1. The van der Waals surface area contributed by atoms with Crippen molar-refractivity contribution in [3.8, 4) is 0 Å². The third kappa shape index (κ3) is 5.77. The van der Waals surface area contributed by atoms with E-state index >= 15 is 0 Å². The molecule has 1 unspecified atom stereocenters. The van der Waals surface area contributed by atoms with E-state index in [-0.39, 0.29) is 12.4 Å². The Balaban J connectivity index is 2.19. The first-order chi connectivity index (χ1) is 8.24. The summed E-state index contributed by atoms with van der Waals surface area (Å²) in [5.41, 5.74) is 0.591. The quantitative estimate of drug-likeness (QED) is 0.606. The topological polar surface area (TPSA) is 52.5 Å². The molecule has 4 heteroatoms. The highest BCUT2D eigenvalue weighted by Crippen LogP contribution is 2.12. The van der Waals surface area contributed by atoms with Crippen LogP contribution in [-0.4, -0.2) is 29.9 Å². The minimum atomic E-state index is -0.677. The number of halogens is 1. The van der Waals surface area contributed by atoms with Crippen LogP contribution in [0.15, 0.2) is 24.3 Å². The zero-order chi connectivity index (χ0) is 12.5. The number of hydrogen-bond acceptors (Lipinski definition) is 3. The second-order valence-corrected chi connectivity index (χ2v) is 4.06. The molecule has 3 N–H and O–H groups in total. The summed E-state index contributed by atoms with van der Waals surface area (Å²) in [5, 5.41) is 21.5.